The van der Waals surface area contributed by atoms with Crippen molar-refractivity contribution in [2.24, 2.45) is 0 Å². The van der Waals surface area contributed by atoms with Crippen LogP contribution < -0.4 is 5.32 Å². The average molecular weight is 158 g/mol. The van der Waals surface area contributed by atoms with Crippen molar-refractivity contribution >= 4 is 0 Å². The lowest BCUT2D eigenvalue weighted by atomic mass is 10.3. The third-order valence-corrected chi connectivity index (χ3v) is 2.13. The molecule has 0 spiro atoms. The summed E-state index contributed by atoms with van der Waals surface area (Å²) in [6, 6.07) is 0.690. The molecule has 0 aromatic carbocycles. The van der Waals surface area contributed by atoms with Crippen molar-refractivity contribution in [3.8, 4) is 0 Å². The molecule has 1 saturated heterocycles. The Morgan fingerprint density at radius 1 is 1.64 bits per heavy atom. The van der Waals surface area contributed by atoms with Gasteiger partial charge in [0, 0.05) is 26.2 Å². The van der Waals surface area contributed by atoms with Crippen LogP contribution in [0.3, 0.4) is 0 Å². The van der Waals surface area contributed by atoms with E-state index in [1.807, 2.05) is 0 Å². The fraction of sp³-hybridized carbons (Fsp3) is 1.00. The van der Waals surface area contributed by atoms with Crippen LogP contribution in [-0.2, 0) is 4.74 Å². The molecular weight excluding hydrogens is 140 g/mol. The Labute approximate surface area is 68.7 Å². The molecule has 0 aliphatic carbocycles. The minimum absolute atomic E-state index is 0.690. The molecule has 0 aromatic rings. The van der Waals surface area contributed by atoms with Crippen LogP contribution >= 0.6 is 0 Å². The number of hydrogen-bond acceptors (Lipinski definition) is 3. The Kier molecular flexibility index (Phi) is 3.83. The molecule has 3 nitrogen and oxygen atoms in total. The first-order chi connectivity index (χ1) is 5.33. The third-order valence-electron chi connectivity index (χ3n) is 2.13. The van der Waals surface area contributed by atoms with Gasteiger partial charge in [0.05, 0.1) is 6.61 Å². The number of likely N-dealkylation sites (tertiary alicyclic amines) is 1. The van der Waals surface area contributed by atoms with Gasteiger partial charge in [-0.05, 0) is 20.0 Å². The highest BCUT2D eigenvalue weighted by Crippen LogP contribution is 2.04. The van der Waals surface area contributed by atoms with Crippen molar-refractivity contribution in [1.29, 1.82) is 0 Å². The SMILES string of the molecule is COCCNC1CCN(C)C1. The van der Waals surface area contributed by atoms with E-state index in [0.717, 1.165) is 13.2 Å². The van der Waals surface area contributed by atoms with Crippen molar-refractivity contribution in [3.63, 3.8) is 0 Å². The van der Waals surface area contributed by atoms with Crippen LogP contribution in [0.1, 0.15) is 6.42 Å². The highest BCUT2D eigenvalue weighted by atomic mass is 16.5. The van der Waals surface area contributed by atoms with Gasteiger partial charge in [-0.15, -0.1) is 0 Å². The molecule has 1 aliphatic heterocycles. The van der Waals surface area contributed by atoms with E-state index >= 15 is 0 Å². The van der Waals surface area contributed by atoms with Gasteiger partial charge < -0.3 is 15.0 Å². The van der Waals surface area contributed by atoms with E-state index in [1.54, 1.807) is 7.11 Å². The van der Waals surface area contributed by atoms with E-state index in [9.17, 15) is 0 Å². The molecule has 1 aliphatic rings. The molecule has 0 bridgehead atoms. The van der Waals surface area contributed by atoms with Crippen molar-refractivity contribution in [1.82, 2.24) is 10.2 Å². The van der Waals surface area contributed by atoms with Crippen molar-refractivity contribution < 1.29 is 4.74 Å². The summed E-state index contributed by atoms with van der Waals surface area (Å²) in [5.74, 6) is 0. The Balaban J connectivity index is 1.99. The first-order valence-corrected chi connectivity index (χ1v) is 4.24. The number of nitrogens with one attached hydrogen (secondary N) is 1. The third kappa shape index (κ3) is 3.18. The van der Waals surface area contributed by atoms with Gasteiger partial charge in [0.1, 0.15) is 0 Å². The maximum absolute atomic E-state index is 4.95. The largest absolute Gasteiger partial charge is 0.383 e. The van der Waals surface area contributed by atoms with Crippen LogP contribution in [0.4, 0.5) is 0 Å². The number of methoxy groups -OCH3 is 1. The molecule has 0 radical (unpaired) electrons. The summed E-state index contributed by atoms with van der Waals surface area (Å²) >= 11 is 0. The molecule has 0 saturated carbocycles. The highest BCUT2D eigenvalue weighted by molar-refractivity contribution is 4.78. The van der Waals surface area contributed by atoms with E-state index in [2.05, 4.69) is 17.3 Å². The lowest BCUT2D eigenvalue weighted by Gasteiger charge is -2.11. The van der Waals surface area contributed by atoms with Gasteiger partial charge in [-0.3, -0.25) is 0 Å². The molecule has 1 fully saturated rings. The predicted octanol–water partition coefficient (Wildman–Crippen LogP) is -0.0735. The molecule has 0 amide bonds. The van der Waals surface area contributed by atoms with Crippen LogP contribution in [0.25, 0.3) is 0 Å². The van der Waals surface area contributed by atoms with Gasteiger partial charge in [0.15, 0.2) is 0 Å². The molecule has 0 aromatic heterocycles. The second-order valence-corrected chi connectivity index (χ2v) is 3.19. The fourth-order valence-corrected chi connectivity index (χ4v) is 1.47. The molecule has 11 heavy (non-hydrogen) atoms. The molecule has 66 valence electrons. The van der Waals surface area contributed by atoms with Crippen LogP contribution in [-0.4, -0.2) is 51.3 Å². The Morgan fingerprint density at radius 3 is 3.00 bits per heavy atom. The summed E-state index contributed by atoms with van der Waals surface area (Å²) in [7, 11) is 3.90. The van der Waals surface area contributed by atoms with Crippen LogP contribution in [0.15, 0.2) is 0 Å². The lowest BCUT2D eigenvalue weighted by molar-refractivity contribution is 0.195. The van der Waals surface area contributed by atoms with E-state index in [4.69, 9.17) is 4.74 Å². The minimum Gasteiger partial charge on any atom is -0.383 e. The topological polar surface area (TPSA) is 24.5 Å². The number of hydrogen-bond donors (Lipinski definition) is 1. The van der Waals surface area contributed by atoms with Gasteiger partial charge in [-0.25, -0.2) is 0 Å². The summed E-state index contributed by atoms with van der Waals surface area (Å²) < 4.78 is 4.95. The van der Waals surface area contributed by atoms with Crippen molar-refractivity contribution in [3.05, 3.63) is 0 Å². The highest BCUT2D eigenvalue weighted by Gasteiger charge is 2.17. The number of rotatable bonds is 4. The van der Waals surface area contributed by atoms with Gasteiger partial charge in [-0.1, -0.05) is 0 Å². The van der Waals surface area contributed by atoms with E-state index in [0.29, 0.717) is 6.04 Å². The normalized spacial score (nSPS) is 26.2. The van der Waals surface area contributed by atoms with Crippen LogP contribution in [0.5, 0.6) is 0 Å². The summed E-state index contributed by atoms with van der Waals surface area (Å²) in [6.45, 7) is 4.21. The summed E-state index contributed by atoms with van der Waals surface area (Å²) in [6.07, 6.45) is 1.28. The molecule has 1 unspecified atom stereocenters. The smallest absolute Gasteiger partial charge is 0.0587 e. The van der Waals surface area contributed by atoms with Crippen molar-refractivity contribution in [2.75, 3.05) is 40.4 Å². The zero-order valence-electron chi connectivity index (χ0n) is 7.47. The Morgan fingerprint density at radius 2 is 2.45 bits per heavy atom. The maximum atomic E-state index is 4.95. The predicted molar refractivity (Wildman–Crippen MR) is 45.8 cm³/mol. The van der Waals surface area contributed by atoms with E-state index in [1.165, 1.54) is 19.5 Å². The molecular formula is C8H18N2O. The van der Waals surface area contributed by atoms with Gasteiger partial charge >= 0.3 is 0 Å². The van der Waals surface area contributed by atoms with Crippen LogP contribution in [0.2, 0.25) is 0 Å². The first kappa shape index (κ1) is 8.97. The number of ether oxygens (including phenoxy) is 1. The van der Waals surface area contributed by atoms with Gasteiger partial charge in [-0.2, -0.15) is 0 Å². The summed E-state index contributed by atoms with van der Waals surface area (Å²) in [5.41, 5.74) is 0. The standard InChI is InChI=1S/C8H18N2O/c1-10-5-3-8(7-10)9-4-6-11-2/h8-9H,3-7H2,1-2H3. The van der Waals surface area contributed by atoms with Gasteiger partial charge in [0.25, 0.3) is 0 Å². The van der Waals surface area contributed by atoms with Crippen LogP contribution in [0, 0.1) is 0 Å². The van der Waals surface area contributed by atoms with Gasteiger partial charge in [0.2, 0.25) is 0 Å². The molecule has 1 atom stereocenters. The summed E-state index contributed by atoms with van der Waals surface area (Å²) in [4.78, 5) is 2.35. The lowest BCUT2D eigenvalue weighted by Crippen LogP contribution is -2.33. The maximum Gasteiger partial charge on any atom is 0.0587 e. The minimum atomic E-state index is 0.690. The van der Waals surface area contributed by atoms with E-state index in [-0.39, 0.29) is 0 Å². The summed E-state index contributed by atoms with van der Waals surface area (Å²) in [5, 5.41) is 3.45. The second kappa shape index (κ2) is 4.70. The zero-order valence-corrected chi connectivity index (χ0v) is 7.47. The van der Waals surface area contributed by atoms with Crippen molar-refractivity contribution in [2.45, 2.75) is 12.5 Å². The first-order valence-electron chi connectivity index (χ1n) is 4.24. The Bertz CT molecular complexity index is 108. The molecule has 1 rings (SSSR count). The molecule has 3 heteroatoms. The second-order valence-electron chi connectivity index (χ2n) is 3.19. The molecule has 1 heterocycles. The zero-order chi connectivity index (χ0) is 8.10. The Hall–Kier alpha value is -0.120. The number of likely N-dealkylation sites (N-methyl/N-ethyl adjacent to an activating group) is 1. The van der Waals surface area contributed by atoms with E-state index < -0.39 is 0 Å². The monoisotopic (exact) mass is 158 g/mol. The average Bonchev–Trinajstić information content (AvgIpc) is 2.37. The fourth-order valence-electron chi connectivity index (χ4n) is 1.47. The molecule has 1 N–H and O–H groups in total. The quantitative estimate of drug-likeness (QED) is 0.579. The number of nitrogens with zero attached hydrogens (tertiary/aromatic N) is 1.